The highest BCUT2D eigenvalue weighted by Gasteiger charge is 2.12. The Kier molecular flexibility index (Phi) is 4.07. The summed E-state index contributed by atoms with van der Waals surface area (Å²) in [6.45, 7) is 2.15. The van der Waals surface area contributed by atoms with E-state index in [2.05, 4.69) is 11.1 Å². The van der Waals surface area contributed by atoms with Gasteiger partial charge in [0.25, 0.3) is 0 Å². The van der Waals surface area contributed by atoms with Crippen LogP contribution in [0, 0.1) is 18.3 Å². The number of nitrogens with zero attached hydrogens (tertiary/aromatic N) is 3. The number of hydrogen-bond donors (Lipinski definition) is 0. The summed E-state index contributed by atoms with van der Waals surface area (Å²) in [5.41, 5.74) is 1.33. The third kappa shape index (κ3) is 3.71. The highest BCUT2D eigenvalue weighted by atomic mass is 32.2. The maximum Gasteiger partial charge on any atom is 0.149 e. The summed E-state index contributed by atoms with van der Waals surface area (Å²) < 4.78 is 22.2. The fourth-order valence-corrected chi connectivity index (χ4v) is 1.99. The molecule has 17 heavy (non-hydrogen) atoms. The predicted octanol–water partition coefficient (Wildman–Crippen LogP) is 0.743. The lowest BCUT2D eigenvalue weighted by Crippen LogP contribution is -2.26. The van der Waals surface area contributed by atoms with Crippen molar-refractivity contribution in [2.24, 2.45) is 0 Å². The first-order chi connectivity index (χ1) is 7.85. The molecule has 0 aliphatic heterocycles. The summed E-state index contributed by atoms with van der Waals surface area (Å²) in [5.74, 6) is 0.570. The number of hydrogen-bond acceptors (Lipinski definition) is 5. The fraction of sp³-hybridized carbons (Fsp3) is 0.455. The molecule has 0 spiro atoms. The van der Waals surface area contributed by atoms with Gasteiger partial charge in [-0.2, -0.15) is 5.26 Å². The van der Waals surface area contributed by atoms with E-state index in [4.69, 9.17) is 5.26 Å². The molecule has 0 saturated heterocycles. The third-order valence-electron chi connectivity index (χ3n) is 2.41. The minimum atomic E-state index is -3.01. The molecule has 0 N–H and O–H groups in total. The first-order valence-electron chi connectivity index (χ1n) is 5.09. The van der Waals surface area contributed by atoms with E-state index in [1.807, 2.05) is 6.92 Å². The molecular weight excluding hydrogens is 238 g/mol. The second kappa shape index (κ2) is 5.15. The van der Waals surface area contributed by atoms with Gasteiger partial charge >= 0.3 is 0 Å². The monoisotopic (exact) mass is 253 g/mol. The maximum absolute atomic E-state index is 11.1. The minimum Gasteiger partial charge on any atom is -0.358 e. The average Bonchev–Trinajstić information content (AvgIpc) is 2.24. The predicted molar refractivity (Wildman–Crippen MR) is 66.7 cm³/mol. The second-order valence-electron chi connectivity index (χ2n) is 3.99. The van der Waals surface area contributed by atoms with Gasteiger partial charge in [0.15, 0.2) is 0 Å². The van der Waals surface area contributed by atoms with E-state index >= 15 is 0 Å². The Balaban J connectivity index is 2.94. The number of nitriles is 1. The zero-order valence-electron chi connectivity index (χ0n) is 10.1. The number of rotatable bonds is 4. The molecule has 5 nitrogen and oxygen atoms in total. The Morgan fingerprint density at radius 2 is 2.18 bits per heavy atom. The Bertz CT molecular complexity index is 546. The van der Waals surface area contributed by atoms with Gasteiger partial charge in [0.1, 0.15) is 21.7 Å². The van der Waals surface area contributed by atoms with Crippen LogP contribution in [0.1, 0.15) is 11.1 Å². The number of sulfone groups is 1. The van der Waals surface area contributed by atoms with Crippen molar-refractivity contribution < 1.29 is 8.42 Å². The van der Waals surface area contributed by atoms with E-state index in [1.54, 1.807) is 24.2 Å². The van der Waals surface area contributed by atoms with E-state index in [0.717, 1.165) is 5.56 Å². The van der Waals surface area contributed by atoms with Crippen LogP contribution in [0.4, 0.5) is 5.82 Å². The molecule has 0 radical (unpaired) electrons. The summed E-state index contributed by atoms with van der Waals surface area (Å²) in [6, 6.07) is 3.84. The van der Waals surface area contributed by atoms with Crippen LogP contribution in [0.2, 0.25) is 0 Å². The van der Waals surface area contributed by atoms with Crippen molar-refractivity contribution in [3.05, 3.63) is 23.4 Å². The molecule has 0 aromatic carbocycles. The number of pyridine rings is 1. The van der Waals surface area contributed by atoms with Crippen molar-refractivity contribution in [3.63, 3.8) is 0 Å². The summed E-state index contributed by atoms with van der Waals surface area (Å²) in [6.07, 6.45) is 2.80. The molecule has 0 unspecified atom stereocenters. The molecule has 0 amide bonds. The van der Waals surface area contributed by atoms with Gasteiger partial charge in [0.2, 0.25) is 0 Å². The summed E-state index contributed by atoms with van der Waals surface area (Å²) in [5, 5.41) is 9.04. The van der Waals surface area contributed by atoms with Gasteiger partial charge in [0, 0.05) is 26.0 Å². The first kappa shape index (κ1) is 13.5. The highest BCUT2D eigenvalue weighted by Crippen LogP contribution is 2.18. The van der Waals surface area contributed by atoms with Crippen LogP contribution >= 0.6 is 0 Å². The van der Waals surface area contributed by atoms with Crippen molar-refractivity contribution in [2.45, 2.75) is 6.92 Å². The lowest BCUT2D eigenvalue weighted by Gasteiger charge is -2.19. The number of aryl methyl sites for hydroxylation is 1. The van der Waals surface area contributed by atoms with Gasteiger partial charge < -0.3 is 4.90 Å². The number of aromatic nitrogens is 1. The van der Waals surface area contributed by atoms with E-state index in [0.29, 0.717) is 17.9 Å². The zero-order chi connectivity index (χ0) is 13.1. The highest BCUT2D eigenvalue weighted by molar-refractivity contribution is 7.90. The number of anilines is 1. The van der Waals surface area contributed by atoms with Crippen molar-refractivity contribution in [3.8, 4) is 6.07 Å². The Morgan fingerprint density at radius 1 is 1.53 bits per heavy atom. The summed E-state index contributed by atoms with van der Waals surface area (Å²) >= 11 is 0. The Labute approximate surface area is 102 Å². The molecule has 6 heteroatoms. The van der Waals surface area contributed by atoms with Gasteiger partial charge in [-0.05, 0) is 18.6 Å². The van der Waals surface area contributed by atoms with Crippen molar-refractivity contribution in [2.75, 3.05) is 30.5 Å². The topological polar surface area (TPSA) is 74.1 Å². The standard InChI is InChI=1S/C11H15N3O2S/c1-9-4-5-13-11(10(9)8-12)14(2)6-7-17(3,15)16/h4-5H,6-7H2,1-3H3. The molecule has 0 aliphatic rings. The molecule has 0 saturated carbocycles. The van der Waals surface area contributed by atoms with Gasteiger partial charge in [-0.15, -0.1) is 0 Å². The van der Waals surface area contributed by atoms with E-state index in [9.17, 15) is 8.42 Å². The fourth-order valence-electron chi connectivity index (χ4n) is 1.38. The molecule has 1 aromatic heterocycles. The van der Waals surface area contributed by atoms with Gasteiger partial charge in [-0.25, -0.2) is 13.4 Å². The molecule has 0 aliphatic carbocycles. The van der Waals surface area contributed by atoms with E-state index in [-0.39, 0.29) is 5.75 Å². The van der Waals surface area contributed by atoms with E-state index in [1.165, 1.54) is 6.26 Å². The normalized spacial score (nSPS) is 10.9. The quantitative estimate of drug-likeness (QED) is 0.791. The van der Waals surface area contributed by atoms with Crippen LogP contribution < -0.4 is 4.90 Å². The van der Waals surface area contributed by atoms with Crippen molar-refractivity contribution in [1.29, 1.82) is 5.26 Å². The summed E-state index contributed by atoms with van der Waals surface area (Å²) in [4.78, 5) is 5.81. The lowest BCUT2D eigenvalue weighted by atomic mass is 10.1. The molecule has 1 heterocycles. The zero-order valence-corrected chi connectivity index (χ0v) is 11.0. The molecule has 0 bridgehead atoms. The van der Waals surface area contributed by atoms with Crippen molar-refractivity contribution >= 4 is 15.7 Å². The van der Waals surface area contributed by atoms with Gasteiger partial charge in [-0.3, -0.25) is 0 Å². The molecule has 92 valence electrons. The maximum atomic E-state index is 11.1. The average molecular weight is 253 g/mol. The van der Waals surface area contributed by atoms with Gasteiger partial charge in [-0.1, -0.05) is 0 Å². The molecule has 0 fully saturated rings. The van der Waals surface area contributed by atoms with Crippen molar-refractivity contribution in [1.82, 2.24) is 4.98 Å². The minimum absolute atomic E-state index is 0.0456. The smallest absolute Gasteiger partial charge is 0.149 e. The molecule has 0 atom stereocenters. The summed E-state index contributed by atoms with van der Waals surface area (Å²) in [7, 11) is -1.28. The van der Waals surface area contributed by atoms with Crippen LogP contribution in [0.3, 0.4) is 0 Å². The first-order valence-corrected chi connectivity index (χ1v) is 7.16. The molecule has 1 rings (SSSR count). The Morgan fingerprint density at radius 3 is 2.71 bits per heavy atom. The largest absolute Gasteiger partial charge is 0.358 e. The SMILES string of the molecule is Cc1ccnc(N(C)CCS(C)(=O)=O)c1C#N. The second-order valence-corrected chi connectivity index (χ2v) is 6.25. The van der Waals surface area contributed by atoms with Gasteiger partial charge in [0.05, 0.1) is 11.3 Å². The van der Waals surface area contributed by atoms with Crippen LogP contribution in [0.5, 0.6) is 0 Å². The van der Waals surface area contributed by atoms with Crippen LogP contribution in [0.15, 0.2) is 12.3 Å². The lowest BCUT2D eigenvalue weighted by molar-refractivity contribution is 0.601. The molecular formula is C11H15N3O2S. The van der Waals surface area contributed by atoms with Crippen LogP contribution in [-0.4, -0.2) is 39.0 Å². The van der Waals surface area contributed by atoms with Crippen LogP contribution in [0.25, 0.3) is 0 Å². The Hall–Kier alpha value is -1.61. The van der Waals surface area contributed by atoms with Crippen LogP contribution in [-0.2, 0) is 9.84 Å². The third-order valence-corrected chi connectivity index (χ3v) is 3.33. The van der Waals surface area contributed by atoms with E-state index < -0.39 is 9.84 Å². The molecule has 1 aromatic rings.